The highest BCUT2D eigenvalue weighted by Crippen LogP contribution is 2.38. The lowest BCUT2D eigenvalue weighted by molar-refractivity contribution is -0.384. The minimum absolute atomic E-state index is 0.0562. The van der Waals surface area contributed by atoms with Crippen LogP contribution in [-0.4, -0.2) is 33.9 Å². The zero-order valence-electron chi connectivity index (χ0n) is 10.00. The normalized spacial score (nSPS) is 14.0. The molecule has 94 valence electrons. The molecule has 0 saturated heterocycles. The lowest BCUT2D eigenvalue weighted by Gasteiger charge is -2.15. The van der Waals surface area contributed by atoms with Crippen LogP contribution in [0, 0.1) is 22.5 Å². The molecular formula is C12H13N3O3. The van der Waals surface area contributed by atoms with Crippen molar-refractivity contribution >= 4 is 11.6 Å². The Morgan fingerprint density at radius 1 is 1.72 bits per heavy atom. The van der Waals surface area contributed by atoms with Crippen molar-refractivity contribution in [2.75, 3.05) is 13.6 Å². The van der Waals surface area contributed by atoms with Gasteiger partial charge < -0.3 is 9.47 Å². The van der Waals surface area contributed by atoms with Crippen LogP contribution in [0.15, 0.2) is 12.3 Å². The summed E-state index contributed by atoms with van der Waals surface area (Å²) < 4.78 is 1.69. The number of aromatic nitrogens is 1. The Morgan fingerprint density at radius 3 is 2.89 bits per heavy atom. The van der Waals surface area contributed by atoms with Crippen LogP contribution in [0.5, 0.6) is 0 Å². The van der Waals surface area contributed by atoms with Crippen LogP contribution >= 0.6 is 0 Å². The predicted octanol–water partition coefficient (Wildman–Crippen LogP) is 1.44. The molecule has 1 aliphatic rings. The van der Waals surface area contributed by atoms with Crippen LogP contribution < -0.4 is 0 Å². The molecule has 0 N–H and O–H groups in total. The second-order valence-corrected chi connectivity index (χ2v) is 4.34. The van der Waals surface area contributed by atoms with Gasteiger partial charge in [-0.1, -0.05) is 5.92 Å². The standard InChI is InChI=1S/C12H13N3O3/c1-3-6-13(2)12(16)11-7-10(15(17)18)8-14(11)9-4-5-9/h1,7-9H,4-6H2,2H3. The van der Waals surface area contributed by atoms with Crippen molar-refractivity contribution in [1.29, 1.82) is 0 Å². The van der Waals surface area contributed by atoms with Crippen LogP contribution in [0.3, 0.4) is 0 Å². The number of rotatable bonds is 4. The molecule has 0 unspecified atom stereocenters. The number of amides is 1. The van der Waals surface area contributed by atoms with Crippen molar-refractivity contribution in [3.63, 3.8) is 0 Å². The number of carbonyl (C=O) groups is 1. The summed E-state index contributed by atoms with van der Waals surface area (Å²) in [6.45, 7) is 0.183. The molecule has 0 bridgehead atoms. The molecule has 0 spiro atoms. The van der Waals surface area contributed by atoms with Crippen LogP contribution in [0.1, 0.15) is 29.4 Å². The first-order chi connectivity index (χ1) is 8.54. The molecule has 18 heavy (non-hydrogen) atoms. The molecule has 0 aromatic carbocycles. The van der Waals surface area contributed by atoms with E-state index >= 15 is 0 Å². The van der Waals surface area contributed by atoms with E-state index in [-0.39, 0.29) is 24.2 Å². The van der Waals surface area contributed by atoms with Crippen LogP contribution in [0.2, 0.25) is 0 Å². The summed E-state index contributed by atoms with van der Waals surface area (Å²) in [4.78, 5) is 23.8. The van der Waals surface area contributed by atoms with Gasteiger partial charge in [-0.25, -0.2) is 0 Å². The number of hydrogen-bond acceptors (Lipinski definition) is 3. The number of nitro groups is 1. The average Bonchev–Trinajstić information content (AvgIpc) is 3.07. The first-order valence-electron chi connectivity index (χ1n) is 5.59. The molecule has 1 amide bonds. The SMILES string of the molecule is C#CCN(C)C(=O)c1cc([N+](=O)[O-])cn1C1CC1. The van der Waals surface area contributed by atoms with Crippen molar-refractivity contribution in [2.45, 2.75) is 18.9 Å². The van der Waals surface area contributed by atoms with Crippen molar-refractivity contribution in [2.24, 2.45) is 0 Å². The topological polar surface area (TPSA) is 68.4 Å². The van der Waals surface area contributed by atoms with Crippen LogP contribution in [0.4, 0.5) is 5.69 Å². The Balaban J connectivity index is 2.33. The van der Waals surface area contributed by atoms with Gasteiger partial charge in [0.15, 0.2) is 0 Å². The van der Waals surface area contributed by atoms with E-state index in [9.17, 15) is 14.9 Å². The van der Waals surface area contributed by atoms with E-state index in [1.165, 1.54) is 17.2 Å². The molecule has 0 radical (unpaired) electrons. The third-order valence-electron chi connectivity index (χ3n) is 2.88. The monoisotopic (exact) mass is 247 g/mol. The number of carbonyl (C=O) groups excluding carboxylic acids is 1. The second-order valence-electron chi connectivity index (χ2n) is 4.34. The fraction of sp³-hybridized carbons (Fsp3) is 0.417. The van der Waals surface area contributed by atoms with Crippen LogP contribution in [0.25, 0.3) is 0 Å². The summed E-state index contributed by atoms with van der Waals surface area (Å²) in [5, 5.41) is 10.8. The van der Waals surface area contributed by atoms with Crippen molar-refractivity contribution in [3.8, 4) is 12.3 Å². The van der Waals surface area contributed by atoms with E-state index in [4.69, 9.17) is 6.42 Å². The van der Waals surface area contributed by atoms with Gasteiger partial charge >= 0.3 is 0 Å². The summed E-state index contributed by atoms with van der Waals surface area (Å²) >= 11 is 0. The Kier molecular flexibility index (Phi) is 3.06. The molecule has 1 aromatic heterocycles. The highest BCUT2D eigenvalue weighted by atomic mass is 16.6. The first kappa shape index (κ1) is 12.2. The quantitative estimate of drug-likeness (QED) is 0.459. The Hall–Kier alpha value is -2.29. The van der Waals surface area contributed by atoms with E-state index in [0.29, 0.717) is 5.69 Å². The molecule has 0 aliphatic heterocycles. The number of nitrogens with zero attached hydrogens (tertiary/aromatic N) is 3. The highest BCUT2D eigenvalue weighted by Gasteiger charge is 2.31. The second kappa shape index (κ2) is 4.53. The maximum atomic E-state index is 12.1. The molecule has 2 rings (SSSR count). The van der Waals surface area contributed by atoms with Gasteiger partial charge in [-0.2, -0.15) is 0 Å². The average molecular weight is 247 g/mol. The van der Waals surface area contributed by atoms with Gasteiger partial charge in [0.25, 0.3) is 11.6 Å². The molecule has 6 heteroatoms. The van der Waals surface area contributed by atoms with Crippen LogP contribution in [-0.2, 0) is 0 Å². The third-order valence-corrected chi connectivity index (χ3v) is 2.88. The maximum Gasteiger partial charge on any atom is 0.287 e. The van der Waals surface area contributed by atoms with E-state index < -0.39 is 4.92 Å². The predicted molar refractivity (Wildman–Crippen MR) is 65.2 cm³/mol. The van der Waals surface area contributed by atoms with E-state index in [1.54, 1.807) is 11.6 Å². The smallest absolute Gasteiger partial charge is 0.287 e. The first-order valence-corrected chi connectivity index (χ1v) is 5.59. The zero-order valence-corrected chi connectivity index (χ0v) is 10.00. The Morgan fingerprint density at radius 2 is 2.39 bits per heavy atom. The number of terminal acetylenes is 1. The van der Waals surface area contributed by atoms with Crippen molar-refractivity contribution < 1.29 is 9.72 Å². The summed E-state index contributed by atoms with van der Waals surface area (Å²) in [7, 11) is 1.58. The lowest BCUT2D eigenvalue weighted by Crippen LogP contribution is -2.28. The molecule has 1 fully saturated rings. The third kappa shape index (κ3) is 2.20. The van der Waals surface area contributed by atoms with E-state index in [1.807, 2.05) is 0 Å². The lowest BCUT2D eigenvalue weighted by atomic mass is 10.3. The minimum atomic E-state index is -0.489. The van der Waals surface area contributed by atoms with Gasteiger partial charge in [-0.05, 0) is 12.8 Å². The van der Waals surface area contributed by atoms with E-state index in [2.05, 4.69) is 5.92 Å². The molecule has 1 aliphatic carbocycles. The zero-order chi connectivity index (χ0) is 13.3. The Bertz CT molecular complexity index is 537. The summed E-state index contributed by atoms with van der Waals surface area (Å²) in [6, 6.07) is 1.52. The number of hydrogen-bond donors (Lipinski definition) is 0. The maximum absolute atomic E-state index is 12.1. The fourth-order valence-electron chi connectivity index (χ4n) is 1.80. The molecular weight excluding hydrogens is 234 g/mol. The highest BCUT2D eigenvalue weighted by molar-refractivity contribution is 5.93. The van der Waals surface area contributed by atoms with Gasteiger partial charge in [0.05, 0.1) is 17.7 Å². The van der Waals surface area contributed by atoms with Gasteiger partial charge in [-0.3, -0.25) is 14.9 Å². The fourth-order valence-corrected chi connectivity index (χ4v) is 1.80. The molecule has 0 atom stereocenters. The Labute approximate surface area is 104 Å². The molecule has 6 nitrogen and oxygen atoms in total. The van der Waals surface area contributed by atoms with Gasteiger partial charge in [0.1, 0.15) is 5.69 Å². The summed E-state index contributed by atoms with van der Waals surface area (Å²) in [6.07, 6.45) is 8.47. The summed E-state index contributed by atoms with van der Waals surface area (Å²) in [5.41, 5.74) is 0.279. The van der Waals surface area contributed by atoms with Gasteiger partial charge in [0.2, 0.25) is 0 Å². The summed E-state index contributed by atoms with van der Waals surface area (Å²) in [5.74, 6) is 2.09. The molecule has 1 aromatic rings. The van der Waals surface area contributed by atoms with Crippen molar-refractivity contribution in [1.82, 2.24) is 9.47 Å². The van der Waals surface area contributed by atoms with Crippen molar-refractivity contribution in [3.05, 3.63) is 28.1 Å². The molecule has 1 heterocycles. The largest absolute Gasteiger partial charge is 0.334 e. The minimum Gasteiger partial charge on any atom is -0.334 e. The molecule has 1 saturated carbocycles. The van der Waals surface area contributed by atoms with Gasteiger partial charge in [-0.15, -0.1) is 6.42 Å². The van der Waals surface area contributed by atoms with E-state index in [0.717, 1.165) is 12.8 Å². The van der Waals surface area contributed by atoms with Gasteiger partial charge in [0, 0.05) is 19.2 Å².